The third-order valence-corrected chi connectivity index (χ3v) is 6.12. The smallest absolute Gasteiger partial charge is 0.322 e. The van der Waals surface area contributed by atoms with Gasteiger partial charge in [0.2, 0.25) is 5.78 Å². The summed E-state index contributed by atoms with van der Waals surface area (Å²) in [7, 11) is 1.54. The molecule has 0 amide bonds. The SMILES string of the molecule is COc1ccc(C(=O)c2c(C(C(=O)O)(C(=O)C(C)(C)C)C(C)(C)C)cc3ccccn23)cc1. The molecule has 3 aromatic rings. The Morgan fingerprint density at radius 3 is 2.00 bits per heavy atom. The summed E-state index contributed by atoms with van der Waals surface area (Å²) in [5, 5.41) is 10.7. The molecular formula is C27H31NO5. The number of Topliss-reactive ketones (excluding diaryl/α,β-unsaturated/α-hetero) is 1. The molecule has 6 heteroatoms. The second kappa shape index (κ2) is 8.18. The number of carbonyl (C=O) groups is 3. The number of pyridine rings is 1. The van der Waals surface area contributed by atoms with Gasteiger partial charge >= 0.3 is 5.97 Å². The molecule has 2 heterocycles. The molecule has 0 radical (unpaired) electrons. The van der Waals surface area contributed by atoms with Crippen molar-refractivity contribution in [1.82, 2.24) is 4.40 Å². The Morgan fingerprint density at radius 2 is 1.52 bits per heavy atom. The lowest BCUT2D eigenvalue weighted by atomic mass is 9.56. The van der Waals surface area contributed by atoms with E-state index in [9.17, 15) is 19.5 Å². The number of aliphatic carboxylic acids is 1. The summed E-state index contributed by atoms with van der Waals surface area (Å²) in [6, 6.07) is 13.7. The van der Waals surface area contributed by atoms with Crippen molar-refractivity contribution >= 4 is 23.1 Å². The van der Waals surface area contributed by atoms with E-state index in [1.54, 1.807) is 94.6 Å². The van der Waals surface area contributed by atoms with Crippen LogP contribution in [0.25, 0.3) is 5.52 Å². The standard InChI is InChI=1S/C27H31NO5/c1-25(2,3)23(30)27(24(31)32,26(4,5)6)20-16-18-10-8-9-15-28(18)21(20)22(29)17-11-13-19(33-7)14-12-17/h8-16H,1-7H3,(H,31,32). The van der Waals surface area contributed by atoms with Gasteiger partial charge in [0.15, 0.2) is 11.2 Å². The van der Waals surface area contributed by atoms with Crippen LogP contribution in [0.3, 0.4) is 0 Å². The molecule has 174 valence electrons. The van der Waals surface area contributed by atoms with Gasteiger partial charge in [-0.3, -0.25) is 14.4 Å². The van der Waals surface area contributed by atoms with Crippen LogP contribution < -0.4 is 4.74 Å². The van der Waals surface area contributed by atoms with Gasteiger partial charge in [-0.25, -0.2) is 0 Å². The van der Waals surface area contributed by atoms with Crippen LogP contribution in [0.2, 0.25) is 0 Å². The second-order valence-electron chi connectivity index (χ2n) is 10.3. The van der Waals surface area contributed by atoms with Gasteiger partial charge in [-0.1, -0.05) is 47.6 Å². The van der Waals surface area contributed by atoms with E-state index in [1.165, 1.54) is 7.11 Å². The molecule has 33 heavy (non-hydrogen) atoms. The van der Waals surface area contributed by atoms with E-state index in [4.69, 9.17) is 4.74 Å². The fraction of sp³-hybridized carbons (Fsp3) is 0.370. The molecule has 0 aliphatic rings. The normalized spacial score (nSPS) is 14.0. The number of benzene rings is 1. The summed E-state index contributed by atoms with van der Waals surface area (Å²) in [5.41, 5.74) is -2.55. The lowest BCUT2D eigenvalue weighted by Gasteiger charge is -2.43. The number of carbonyl (C=O) groups excluding carboxylic acids is 2. The van der Waals surface area contributed by atoms with Gasteiger partial charge in [-0.2, -0.15) is 0 Å². The average Bonchev–Trinajstić information content (AvgIpc) is 3.11. The van der Waals surface area contributed by atoms with Crippen LogP contribution >= 0.6 is 0 Å². The number of hydrogen-bond donors (Lipinski definition) is 1. The summed E-state index contributed by atoms with van der Waals surface area (Å²) < 4.78 is 6.86. The first-order valence-corrected chi connectivity index (χ1v) is 10.8. The molecule has 0 saturated heterocycles. The van der Waals surface area contributed by atoms with Gasteiger partial charge in [0.25, 0.3) is 0 Å². The molecular weight excluding hydrogens is 418 g/mol. The molecule has 0 aliphatic carbocycles. The molecule has 1 atom stereocenters. The van der Waals surface area contributed by atoms with Crippen molar-refractivity contribution in [2.45, 2.75) is 47.0 Å². The van der Waals surface area contributed by atoms with Crippen LogP contribution in [0.1, 0.15) is 63.2 Å². The number of ether oxygens (including phenoxy) is 1. The molecule has 1 aromatic carbocycles. The lowest BCUT2D eigenvalue weighted by Crippen LogP contribution is -2.57. The average molecular weight is 450 g/mol. The minimum Gasteiger partial charge on any atom is -0.497 e. The van der Waals surface area contributed by atoms with E-state index in [-0.39, 0.29) is 17.0 Å². The minimum absolute atomic E-state index is 0.172. The molecule has 0 fully saturated rings. The van der Waals surface area contributed by atoms with Crippen LogP contribution in [-0.4, -0.2) is 34.2 Å². The highest BCUT2D eigenvalue weighted by Crippen LogP contribution is 2.49. The van der Waals surface area contributed by atoms with Gasteiger partial charge in [0.05, 0.1) is 12.8 Å². The fourth-order valence-electron chi connectivity index (χ4n) is 4.48. The number of ketones is 2. The Morgan fingerprint density at radius 1 is 0.909 bits per heavy atom. The van der Waals surface area contributed by atoms with Crippen LogP contribution in [0.5, 0.6) is 5.75 Å². The van der Waals surface area contributed by atoms with Crippen molar-refractivity contribution < 1.29 is 24.2 Å². The molecule has 1 N–H and O–H groups in total. The Labute approximate surface area is 194 Å². The monoisotopic (exact) mass is 449 g/mol. The molecule has 0 spiro atoms. The summed E-state index contributed by atoms with van der Waals surface area (Å²) in [6.07, 6.45) is 1.71. The number of rotatable bonds is 6. The van der Waals surface area contributed by atoms with Crippen molar-refractivity contribution in [2.75, 3.05) is 7.11 Å². The van der Waals surface area contributed by atoms with Crippen molar-refractivity contribution in [1.29, 1.82) is 0 Å². The number of aromatic nitrogens is 1. The summed E-state index contributed by atoms with van der Waals surface area (Å²) in [4.78, 5) is 40.8. The van der Waals surface area contributed by atoms with Crippen molar-refractivity contribution in [2.24, 2.45) is 10.8 Å². The number of carboxylic acids is 1. The molecule has 2 aromatic heterocycles. The van der Waals surface area contributed by atoms with Gasteiger partial charge in [-0.05, 0) is 47.9 Å². The molecule has 3 rings (SSSR count). The largest absolute Gasteiger partial charge is 0.497 e. The maximum atomic E-state index is 13.9. The van der Waals surface area contributed by atoms with Crippen molar-refractivity contribution in [3.63, 3.8) is 0 Å². The number of carboxylic acid groups (broad SMARTS) is 1. The van der Waals surface area contributed by atoms with E-state index in [0.717, 1.165) is 0 Å². The maximum absolute atomic E-state index is 13.9. The van der Waals surface area contributed by atoms with Crippen LogP contribution in [0.15, 0.2) is 54.7 Å². The zero-order valence-electron chi connectivity index (χ0n) is 20.2. The fourth-order valence-corrected chi connectivity index (χ4v) is 4.48. The first kappa shape index (κ1) is 24.2. The highest BCUT2D eigenvalue weighted by molar-refractivity contribution is 6.17. The predicted octanol–water partition coefficient (Wildman–Crippen LogP) is 5.16. The second-order valence-corrected chi connectivity index (χ2v) is 10.3. The molecule has 1 unspecified atom stereocenters. The van der Waals surface area contributed by atoms with Crippen LogP contribution in [0, 0.1) is 10.8 Å². The number of fused-ring (bicyclic) bond motifs is 1. The molecule has 0 aliphatic heterocycles. The molecule has 0 saturated carbocycles. The molecule has 6 nitrogen and oxygen atoms in total. The van der Waals surface area contributed by atoms with Crippen molar-refractivity contribution in [3.05, 3.63) is 71.5 Å². The lowest BCUT2D eigenvalue weighted by molar-refractivity contribution is -0.158. The van der Waals surface area contributed by atoms with E-state index in [0.29, 0.717) is 16.8 Å². The summed E-state index contributed by atoms with van der Waals surface area (Å²) in [6.45, 7) is 10.3. The van der Waals surface area contributed by atoms with E-state index in [1.807, 2.05) is 6.07 Å². The maximum Gasteiger partial charge on any atom is 0.322 e. The number of nitrogens with zero attached hydrogens (tertiary/aromatic N) is 1. The Kier molecular flexibility index (Phi) is 6.01. The van der Waals surface area contributed by atoms with Crippen LogP contribution in [0.4, 0.5) is 0 Å². The highest BCUT2D eigenvalue weighted by atomic mass is 16.5. The third kappa shape index (κ3) is 3.84. The summed E-state index contributed by atoms with van der Waals surface area (Å²) in [5.74, 6) is -1.48. The Bertz CT molecular complexity index is 1220. The Balaban J connectivity index is 2.45. The Hall–Kier alpha value is -3.41. The van der Waals surface area contributed by atoms with Gasteiger partial charge in [0.1, 0.15) is 5.75 Å². The van der Waals surface area contributed by atoms with Crippen LogP contribution in [-0.2, 0) is 15.0 Å². The summed E-state index contributed by atoms with van der Waals surface area (Å²) >= 11 is 0. The number of methoxy groups -OCH3 is 1. The van der Waals surface area contributed by atoms with E-state index < -0.39 is 28.0 Å². The first-order valence-electron chi connectivity index (χ1n) is 10.8. The van der Waals surface area contributed by atoms with Gasteiger partial charge < -0.3 is 14.2 Å². The number of hydrogen-bond acceptors (Lipinski definition) is 4. The zero-order valence-corrected chi connectivity index (χ0v) is 20.2. The first-order chi connectivity index (χ1) is 15.3. The zero-order chi connectivity index (χ0) is 24.8. The topological polar surface area (TPSA) is 85.1 Å². The third-order valence-electron chi connectivity index (χ3n) is 6.12. The predicted molar refractivity (Wildman–Crippen MR) is 127 cm³/mol. The molecule has 0 bridgehead atoms. The quantitative estimate of drug-likeness (QED) is 0.415. The van der Waals surface area contributed by atoms with E-state index >= 15 is 0 Å². The van der Waals surface area contributed by atoms with Gasteiger partial charge in [-0.15, -0.1) is 0 Å². The van der Waals surface area contributed by atoms with Gasteiger partial charge in [0, 0.05) is 28.3 Å². The highest BCUT2D eigenvalue weighted by Gasteiger charge is 2.60. The van der Waals surface area contributed by atoms with Crippen molar-refractivity contribution in [3.8, 4) is 5.75 Å². The van der Waals surface area contributed by atoms with E-state index in [2.05, 4.69) is 0 Å². The minimum atomic E-state index is -1.95.